The molecule has 0 aliphatic carbocycles. The summed E-state index contributed by atoms with van der Waals surface area (Å²) in [6, 6.07) is 8.43. The molecule has 4 N–H and O–H groups in total. The number of aromatic carboxylic acids is 1. The Morgan fingerprint density at radius 2 is 2.12 bits per heavy atom. The molecular weight excluding hydrogens is 220 g/mol. The Kier molecular flexibility index (Phi) is 3.00. The van der Waals surface area contributed by atoms with Crippen molar-refractivity contribution in [3.63, 3.8) is 0 Å². The third-order valence-corrected chi connectivity index (χ3v) is 2.36. The normalized spacial score (nSPS) is 10.1. The zero-order valence-corrected chi connectivity index (χ0v) is 8.97. The van der Waals surface area contributed by atoms with E-state index in [9.17, 15) is 9.90 Å². The molecule has 88 valence electrons. The number of hydrogen-bond donors (Lipinski definition) is 4. The molecule has 0 unspecified atom stereocenters. The summed E-state index contributed by atoms with van der Waals surface area (Å²) in [5.74, 6) is -0.819. The number of aromatic amines is 1. The van der Waals surface area contributed by atoms with Crippen LogP contribution in [0.5, 0.6) is 5.75 Å². The Bertz CT molecular complexity index is 534. The minimum absolute atomic E-state index is 0.152. The zero-order chi connectivity index (χ0) is 12.3. The van der Waals surface area contributed by atoms with E-state index in [1.165, 1.54) is 0 Å². The highest BCUT2D eigenvalue weighted by molar-refractivity contribution is 5.85. The maximum Gasteiger partial charge on any atom is 0.352 e. The van der Waals surface area contributed by atoms with E-state index in [1.807, 2.05) is 6.07 Å². The molecule has 1 aromatic carbocycles. The van der Waals surface area contributed by atoms with Gasteiger partial charge in [0.2, 0.25) is 0 Å². The number of carboxylic acids is 1. The molecule has 1 heterocycles. The Morgan fingerprint density at radius 1 is 1.35 bits per heavy atom. The second-order valence-corrected chi connectivity index (χ2v) is 3.60. The van der Waals surface area contributed by atoms with Gasteiger partial charge in [-0.15, -0.1) is 0 Å². The number of nitrogens with one attached hydrogen (secondary N) is 2. The maximum atomic E-state index is 10.7. The van der Waals surface area contributed by atoms with Crippen LogP contribution in [0.15, 0.2) is 36.5 Å². The predicted molar refractivity (Wildman–Crippen MR) is 63.2 cm³/mol. The van der Waals surface area contributed by atoms with Crippen molar-refractivity contribution < 1.29 is 15.0 Å². The maximum absolute atomic E-state index is 10.7. The van der Waals surface area contributed by atoms with Gasteiger partial charge in [-0.1, -0.05) is 12.1 Å². The lowest BCUT2D eigenvalue weighted by Gasteiger charge is -2.06. The minimum Gasteiger partial charge on any atom is -0.506 e. The van der Waals surface area contributed by atoms with Crippen LogP contribution in [0.4, 0.5) is 5.69 Å². The van der Waals surface area contributed by atoms with Gasteiger partial charge in [-0.3, -0.25) is 0 Å². The molecule has 0 aliphatic rings. The molecule has 0 saturated heterocycles. The molecular formula is C12H12N2O3. The average Bonchev–Trinajstić information content (AvgIpc) is 2.77. The fourth-order valence-electron chi connectivity index (χ4n) is 1.49. The molecule has 0 bridgehead atoms. The Labute approximate surface area is 97.7 Å². The van der Waals surface area contributed by atoms with Crippen molar-refractivity contribution in [1.29, 1.82) is 0 Å². The average molecular weight is 232 g/mol. The number of carboxylic acid groups (broad SMARTS) is 1. The first-order valence-electron chi connectivity index (χ1n) is 5.09. The Morgan fingerprint density at radius 3 is 2.76 bits per heavy atom. The van der Waals surface area contributed by atoms with E-state index in [0.717, 1.165) is 5.56 Å². The summed E-state index contributed by atoms with van der Waals surface area (Å²) in [6.45, 7) is 0.446. The topological polar surface area (TPSA) is 85.3 Å². The van der Waals surface area contributed by atoms with Crippen LogP contribution in [-0.2, 0) is 6.54 Å². The fraction of sp³-hybridized carbons (Fsp3) is 0.0833. The van der Waals surface area contributed by atoms with E-state index in [-0.39, 0.29) is 11.4 Å². The summed E-state index contributed by atoms with van der Waals surface area (Å²) in [4.78, 5) is 13.3. The van der Waals surface area contributed by atoms with Crippen molar-refractivity contribution in [3.05, 3.63) is 47.8 Å². The predicted octanol–water partition coefficient (Wildman–Crippen LogP) is 2.03. The highest BCUT2D eigenvalue weighted by atomic mass is 16.4. The first kappa shape index (κ1) is 11.1. The molecule has 1 aromatic heterocycles. The van der Waals surface area contributed by atoms with Gasteiger partial charge >= 0.3 is 5.97 Å². The van der Waals surface area contributed by atoms with E-state index >= 15 is 0 Å². The lowest BCUT2D eigenvalue weighted by atomic mass is 10.2. The molecule has 17 heavy (non-hydrogen) atoms. The molecule has 2 aromatic rings. The van der Waals surface area contributed by atoms with Gasteiger partial charge in [-0.2, -0.15) is 0 Å². The van der Waals surface area contributed by atoms with Crippen LogP contribution in [0.3, 0.4) is 0 Å². The van der Waals surface area contributed by atoms with E-state index < -0.39 is 5.97 Å². The summed E-state index contributed by atoms with van der Waals surface area (Å²) in [7, 11) is 0. The van der Waals surface area contributed by atoms with Gasteiger partial charge in [-0.25, -0.2) is 4.79 Å². The summed E-state index contributed by atoms with van der Waals surface area (Å²) >= 11 is 0. The molecule has 0 aliphatic heterocycles. The molecule has 0 fully saturated rings. The highest BCUT2D eigenvalue weighted by Crippen LogP contribution is 2.22. The fourth-order valence-corrected chi connectivity index (χ4v) is 1.49. The molecule has 5 heteroatoms. The summed E-state index contributed by atoms with van der Waals surface area (Å²) in [5, 5.41) is 21.3. The minimum atomic E-state index is -0.987. The van der Waals surface area contributed by atoms with Crippen molar-refractivity contribution in [2.45, 2.75) is 6.54 Å². The molecule has 0 saturated carbocycles. The molecule has 0 radical (unpaired) electrons. The monoisotopic (exact) mass is 232 g/mol. The lowest BCUT2D eigenvalue weighted by molar-refractivity contribution is 0.0691. The van der Waals surface area contributed by atoms with Gasteiger partial charge in [0.1, 0.15) is 11.4 Å². The number of hydrogen-bond acceptors (Lipinski definition) is 3. The largest absolute Gasteiger partial charge is 0.506 e. The molecule has 0 spiro atoms. The van der Waals surface area contributed by atoms with Crippen molar-refractivity contribution in [2.75, 3.05) is 5.32 Å². The second-order valence-electron chi connectivity index (χ2n) is 3.60. The van der Waals surface area contributed by atoms with Gasteiger partial charge in [0.15, 0.2) is 0 Å². The van der Waals surface area contributed by atoms with Crippen LogP contribution in [0, 0.1) is 0 Å². The van der Waals surface area contributed by atoms with E-state index in [1.54, 1.807) is 30.5 Å². The number of carbonyl (C=O) groups is 1. The van der Waals surface area contributed by atoms with Crippen LogP contribution in [-0.4, -0.2) is 21.2 Å². The number of para-hydroxylation sites is 2. The standard InChI is InChI=1S/C12H12N2O3/c15-11-4-2-1-3-9(11)13-6-8-5-10(12(16)17)14-7-8/h1-5,7,13-15H,6H2,(H,16,17). The first-order valence-corrected chi connectivity index (χ1v) is 5.09. The molecule has 0 amide bonds. The van der Waals surface area contributed by atoms with E-state index in [2.05, 4.69) is 10.3 Å². The van der Waals surface area contributed by atoms with Gasteiger partial charge in [-0.05, 0) is 23.8 Å². The SMILES string of the molecule is O=C(O)c1cc(CNc2ccccc2O)c[nH]1. The molecule has 5 nitrogen and oxygen atoms in total. The van der Waals surface area contributed by atoms with E-state index in [4.69, 9.17) is 5.11 Å². The Balaban J connectivity index is 2.02. The number of benzene rings is 1. The number of aromatic nitrogens is 1. The number of phenolic OH excluding ortho intramolecular Hbond substituents is 1. The summed E-state index contributed by atoms with van der Waals surface area (Å²) in [5.41, 5.74) is 1.58. The quantitative estimate of drug-likeness (QED) is 0.607. The van der Waals surface area contributed by atoms with Crippen LogP contribution in [0.25, 0.3) is 0 Å². The summed E-state index contributed by atoms with van der Waals surface area (Å²) < 4.78 is 0. The van der Waals surface area contributed by atoms with E-state index in [0.29, 0.717) is 12.2 Å². The molecule has 2 rings (SSSR count). The van der Waals surface area contributed by atoms with Gasteiger partial charge < -0.3 is 20.5 Å². The molecule has 0 atom stereocenters. The van der Waals surface area contributed by atoms with Crippen LogP contribution in [0.1, 0.15) is 16.1 Å². The Hall–Kier alpha value is -2.43. The third-order valence-electron chi connectivity index (χ3n) is 2.36. The van der Waals surface area contributed by atoms with Gasteiger partial charge in [0.05, 0.1) is 5.69 Å². The van der Waals surface area contributed by atoms with Crippen LogP contribution in [0.2, 0.25) is 0 Å². The zero-order valence-electron chi connectivity index (χ0n) is 8.97. The number of phenols is 1. The third kappa shape index (κ3) is 2.57. The van der Waals surface area contributed by atoms with Crippen molar-refractivity contribution in [2.24, 2.45) is 0 Å². The number of H-pyrrole nitrogens is 1. The summed E-state index contributed by atoms with van der Waals surface area (Å²) in [6.07, 6.45) is 1.62. The number of rotatable bonds is 4. The number of anilines is 1. The first-order chi connectivity index (χ1) is 8.16. The van der Waals surface area contributed by atoms with Crippen molar-refractivity contribution in [3.8, 4) is 5.75 Å². The lowest BCUT2D eigenvalue weighted by Crippen LogP contribution is -1.98. The second kappa shape index (κ2) is 4.61. The van der Waals surface area contributed by atoms with Gasteiger partial charge in [0.25, 0.3) is 0 Å². The van der Waals surface area contributed by atoms with Crippen LogP contribution >= 0.6 is 0 Å². The number of aromatic hydroxyl groups is 1. The smallest absolute Gasteiger partial charge is 0.352 e. The van der Waals surface area contributed by atoms with Gasteiger partial charge in [0, 0.05) is 12.7 Å². The van der Waals surface area contributed by atoms with Crippen LogP contribution < -0.4 is 5.32 Å². The highest BCUT2D eigenvalue weighted by Gasteiger charge is 2.06. The van der Waals surface area contributed by atoms with Crippen molar-refractivity contribution in [1.82, 2.24) is 4.98 Å². The van der Waals surface area contributed by atoms with Crippen molar-refractivity contribution >= 4 is 11.7 Å².